The molecule has 0 bridgehead atoms. The molecule has 1 aromatic rings. The quantitative estimate of drug-likeness (QED) is 0.829. The van der Waals surface area contributed by atoms with E-state index in [4.69, 9.17) is 5.73 Å². The number of nitrogens with zero attached hydrogens (tertiary/aromatic N) is 2. The zero-order valence-electron chi connectivity index (χ0n) is 12.1. The first-order valence-corrected chi connectivity index (χ1v) is 7.52. The standard InChI is InChI=1S/C16H25N3/c1-12-10-14(5-6-16(12)17)18-9-7-15(11-18)19-8-3-4-13(19)2/h5-6,10,13,15H,3-4,7-9,11,17H2,1-2H3/t13-,15?/m0/s1. The minimum Gasteiger partial charge on any atom is -0.399 e. The second-order valence-corrected chi connectivity index (χ2v) is 6.16. The summed E-state index contributed by atoms with van der Waals surface area (Å²) >= 11 is 0. The van der Waals surface area contributed by atoms with E-state index in [0.29, 0.717) is 0 Å². The highest BCUT2D eigenvalue weighted by Gasteiger charge is 2.32. The minimum atomic E-state index is 0.746. The van der Waals surface area contributed by atoms with Crippen molar-refractivity contribution < 1.29 is 0 Å². The van der Waals surface area contributed by atoms with Crippen molar-refractivity contribution in [3.05, 3.63) is 23.8 Å². The topological polar surface area (TPSA) is 32.5 Å². The molecule has 0 amide bonds. The van der Waals surface area contributed by atoms with Crippen molar-refractivity contribution in [3.63, 3.8) is 0 Å². The van der Waals surface area contributed by atoms with Crippen LogP contribution in [-0.2, 0) is 0 Å². The smallest absolute Gasteiger partial charge is 0.0370 e. The van der Waals surface area contributed by atoms with Crippen LogP contribution in [-0.4, -0.2) is 36.6 Å². The highest BCUT2D eigenvalue weighted by molar-refractivity contribution is 5.58. The Bertz CT molecular complexity index is 457. The molecule has 2 saturated heterocycles. The fraction of sp³-hybridized carbons (Fsp3) is 0.625. The predicted octanol–water partition coefficient (Wildman–Crippen LogP) is 2.64. The monoisotopic (exact) mass is 259 g/mol. The summed E-state index contributed by atoms with van der Waals surface area (Å²) in [6.45, 7) is 8.11. The maximum atomic E-state index is 5.91. The van der Waals surface area contributed by atoms with Crippen molar-refractivity contribution in [2.75, 3.05) is 30.3 Å². The summed E-state index contributed by atoms with van der Waals surface area (Å²) in [5, 5.41) is 0. The van der Waals surface area contributed by atoms with Gasteiger partial charge in [0.25, 0.3) is 0 Å². The molecule has 2 N–H and O–H groups in total. The van der Waals surface area contributed by atoms with E-state index in [1.807, 2.05) is 6.07 Å². The van der Waals surface area contributed by atoms with E-state index in [0.717, 1.165) is 17.8 Å². The van der Waals surface area contributed by atoms with Gasteiger partial charge in [-0.3, -0.25) is 4.90 Å². The fourth-order valence-electron chi connectivity index (χ4n) is 3.60. The molecule has 2 atom stereocenters. The Morgan fingerprint density at radius 2 is 2.05 bits per heavy atom. The van der Waals surface area contributed by atoms with Gasteiger partial charge in [0.05, 0.1) is 0 Å². The Balaban J connectivity index is 1.69. The minimum absolute atomic E-state index is 0.746. The zero-order chi connectivity index (χ0) is 13.4. The molecule has 3 heteroatoms. The van der Waals surface area contributed by atoms with Crippen LogP contribution in [0.1, 0.15) is 31.7 Å². The van der Waals surface area contributed by atoms with Gasteiger partial charge in [0, 0.05) is 36.5 Å². The molecule has 0 aliphatic carbocycles. The molecular formula is C16H25N3. The van der Waals surface area contributed by atoms with E-state index in [1.54, 1.807) is 0 Å². The van der Waals surface area contributed by atoms with Crippen molar-refractivity contribution in [1.29, 1.82) is 0 Å². The van der Waals surface area contributed by atoms with Crippen LogP contribution in [0.3, 0.4) is 0 Å². The molecule has 2 aliphatic heterocycles. The summed E-state index contributed by atoms with van der Waals surface area (Å²) < 4.78 is 0. The largest absolute Gasteiger partial charge is 0.399 e. The van der Waals surface area contributed by atoms with E-state index in [-0.39, 0.29) is 0 Å². The van der Waals surface area contributed by atoms with Crippen LogP contribution in [0.25, 0.3) is 0 Å². The molecular weight excluding hydrogens is 234 g/mol. The molecule has 2 fully saturated rings. The first-order chi connectivity index (χ1) is 9.15. The number of rotatable bonds is 2. The summed E-state index contributed by atoms with van der Waals surface area (Å²) in [4.78, 5) is 5.23. The first kappa shape index (κ1) is 12.8. The molecule has 2 aliphatic rings. The van der Waals surface area contributed by atoms with Crippen molar-refractivity contribution in [1.82, 2.24) is 4.90 Å². The summed E-state index contributed by atoms with van der Waals surface area (Å²) in [5.41, 5.74) is 9.33. The van der Waals surface area contributed by atoms with Crippen LogP contribution in [0.4, 0.5) is 11.4 Å². The Kier molecular flexibility index (Phi) is 3.40. The number of hydrogen-bond acceptors (Lipinski definition) is 3. The number of benzene rings is 1. The maximum absolute atomic E-state index is 5.91. The molecule has 1 unspecified atom stereocenters. The normalized spacial score (nSPS) is 28.2. The molecule has 0 radical (unpaired) electrons. The van der Waals surface area contributed by atoms with E-state index in [2.05, 4.69) is 35.8 Å². The van der Waals surface area contributed by atoms with Gasteiger partial charge in [-0.25, -0.2) is 0 Å². The van der Waals surface area contributed by atoms with Gasteiger partial charge in [-0.2, -0.15) is 0 Å². The zero-order valence-corrected chi connectivity index (χ0v) is 12.1. The van der Waals surface area contributed by atoms with Gasteiger partial charge < -0.3 is 10.6 Å². The Morgan fingerprint density at radius 1 is 1.21 bits per heavy atom. The summed E-state index contributed by atoms with van der Waals surface area (Å²) in [6, 6.07) is 7.95. The molecule has 0 aromatic heterocycles. The van der Waals surface area contributed by atoms with Crippen LogP contribution >= 0.6 is 0 Å². The van der Waals surface area contributed by atoms with Gasteiger partial charge >= 0.3 is 0 Å². The number of anilines is 2. The average molecular weight is 259 g/mol. The fourth-order valence-corrected chi connectivity index (χ4v) is 3.60. The number of likely N-dealkylation sites (tertiary alicyclic amines) is 1. The summed E-state index contributed by atoms with van der Waals surface area (Å²) in [6.07, 6.45) is 4.05. The molecule has 0 spiro atoms. The van der Waals surface area contributed by atoms with Crippen LogP contribution in [0, 0.1) is 6.92 Å². The molecule has 19 heavy (non-hydrogen) atoms. The molecule has 3 nitrogen and oxygen atoms in total. The average Bonchev–Trinajstić information content (AvgIpc) is 3.01. The lowest BCUT2D eigenvalue weighted by atomic mass is 10.1. The van der Waals surface area contributed by atoms with Crippen molar-refractivity contribution >= 4 is 11.4 Å². The SMILES string of the molecule is Cc1cc(N2CCC(N3CCC[C@@H]3C)C2)ccc1N. The van der Waals surface area contributed by atoms with Crippen molar-refractivity contribution in [2.24, 2.45) is 0 Å². The number of nitrogen functional groups attached to an aromatic ring is 1. The Labute approximate surface area is 116 Å². The van der Waals surface area contributed by atoms with E-state index >= 15 is 0 Å². The van der Waals surface area contributed by atoms with Crippen LogP contribution in [0.5, 0.6) is 0 Å². The van der Waals surface area contributed by atoms with Crippen molar-refractivity contribution in [3.8, 4) is 0 Å². The predicted molar refractivity (Wildman–Crippen MR) is 81.6 cm³/mol. The molecule has 2 heterocycles. The van der Waals surface area contributed by atoms with Crippen LogP contribution in [0.15, 0.2) is 18.2 Å². The third-order valence-electron chi connectivity index (χ3n) is 4.86. The summed E-state index contributed by atoms with van der Waals surface area (Å²) in [5.74, 6) is 0. The van der Waals surface area contributed by atoms with Gasteiger partial charge in [0.15, 0.2) is 0 Å². The van der Waals surface area contributed by atoms with Gasteiger partial charge in [-0.1, -0.05) is 0 Å². The highest BCUT2D eigenvalue weighted by Crippen LogP contribution is 2.29. The number of aryl methyl sites for hydroxylation is 1. The summed E-state index contributed by atoms with van der Waals surface area (Å²) in [7, 11) is 0. The van der Waals surface area contributed by atoms with Crippen molar-refractivity contribution in [2.45, 2.75) is 45.2 Å². The second-order valence-electron chi connectivity index (χ2n) is 6.16. The van der Waals surface area contributed by atoms with Gasteiger partial charge in [-0.05, 0) is 63.4 Å². The lowest BCUT2D eigenvalue weighted by molar-refractivity contribution is 0.204. The number of hydrogen-bond donors (Lipinski definition) is 1. The third kappa shape index (κ3) is 2.44. The Hall–Kier alpha value is -1.22. The lowest BCUT2D eigenvalue weighted by Gasteiger charge is -2.28. The third-order valence-corrected chi connectivity index (χ3v) is 4.86. The highest BCUT2D eigenvalue weighted by atomic mass is 15.3. The van der Waals surface area contributed by atoms with Gasteiger partial charge in [0.1, 0.15) is 0 Å². The van der Waals surface area contributed by atoms with E-state index < -0.39 is 0 Å². The van der Waals surface area contributed by atoms with Gasteiger partial charge in [-0.15, -0.1) is 0 Å². The first-order valence-electron chi connectivity index (χ1n) is 7.52. The van der Waals surface area contributed by atoms with E-state index in [9.17, 15) is 0 Å². The maximum Gasteiger partial charge on any atom is 0.0370 e. The van der Waals surface area contributed by atoms with Crippen LogP contribution in [0.2, 0.25) is 0 Å². The Morgan fingerprint density at radius 3 is 2.74 bits per heavy atom. The second kappa shape index (κ2) is 5.04. The van der Waals surface area contributed by atoms with Gasteiger partial charge in [0.2, 0.25) is 0 Å². The lowest BCUT2D eigenvalue weighted by Crippen LogP contribution is -2.39. The molecule has 0 saturated carbocycles. The van der Waals surface area contributed by atoms with Crippen LogP contribution < -0.4 is 10.6 Å². The number of nitrogens with two attached hydrogens (primary N) is 1. The molecule has 104 valence electrons. The molecule has 3 rings (SSSR count). The van der Waals surface area contributed by atoms with E-state index in [1.165, 1.54) is 50.1 Å². The molecule has 1 aromatic carbocycles.